The van der Waals surface area contributed by atoms with E-state index in [0.29, 0.717) is 15.1 Å². The van der Waals surface area contributed by atoms with Crippen LogP contribution in [-0.2, 0) is 9.53 Å². The van der Waals surface area contributed by atoms with Gasteiger partial charge in [-0.05, 0) is 28.1 Å². The van der Waals surface area contributed by atoms with Gasteiger partial charge in [-0.3, -0.25) is 4.79 Å². The zero-order valence-electron chi connectivity index (χ0n) is 8.54. The minimum Gasteiger partial charge on any atom is -0.506 e. The lowest BCUT2D eigenvalue weighted by atomic mass is 10.0. The van der Waals surface area contributed by atoms with Crippen molar-refractivity contribution in [3.05, 3.63) is 27.2 Å². The molecule has 0 heterocycles. The van der Waals surface area contributed by atoms with Gasteiger partial charge in [-0.1, -0.05) is 11.6 Å². The van der Waals surface area contributed by atoms with Crippen molar-refractivity contribution in [3.63, 3.8) is 0 Å². The van der Waals surface area contributed by atoms with Crippen LogP contribution in [0.4, 0.5) is 0 Å². The van der Waals surface area contributed by atoms with Crippen LogP contribution in [0.15, 0.2) is 16.6 Å². The minimum absolute atomic E-state index is 0.0414. The van der Waals surface area contributed by atoms with Gasteiger partial charge in [0.25, 0.3) is 0 Å². The summed E-state index contributed by atoms with van der Waals surface area (Å²) >= 11 is 9.06. The summed E-state index contributed by atoms with van der Waals surface area (Å²) in [7, 11) is 1.28. The van der Waals surface area contributed by atoms with Gasteiger partial charge in [-0.25, -0.2) is 0 Å². The summed E-state index contributed by atoms with van der Waals surface area (Å²) in [6.45, 7) is 0. The number of phenolic OH excluding ortho intramolecular Hbond substituents is 1. The summed E-state index contributed by atoms with van der Waals surface area (Å²) in [4.78, 5) is 11.1. The molecule has 6 heteroatoms. The summed E-state index contributed by atoms with van der Waals surface area (Å²) in [5, 5.41) is 10.1. The highest BCUT2D eigenvalue weighted by atomic mass is 79.9. The first-order valence-corrected chi connectivity index (χ1v) is 5.63. The number of benzene rings is 1. The molecule has 0 unspecified atom stereocenters. The Morgan fingerprint density at radius 3 is 2.88 bits per heavy atom. The van der Waals surface area contributed by atoms with Crippen molar-refractivity contribution in [3.8, 4) is 5.75 Å². The molecule has 0 aromatic heterocycles. The Morgan fingerprint density at radius 1 is 1.69 bits per heavy atom. The molecule has 0 fully saturated rings. The van der Waals surface area contributed by atoms with Crippen LogP contribution in [0.1, 0.15) is 18.0 Å². The normalized spacial score (nSPS) is 12.2. The molecule has 1 rings (SSSR count). The molecule has 4 nitrogen and oxygen atoms in total. The van der Waals surface area contributed by atoms with Gasteiger partial charge in [0.2, 0.25) is 0 Å². The number of esters is 1. The number of halogens is 2. The molecule has 1 aromatic rings. The van der Waals surface area contributed by atoms with Crippen LogP contribution in [0.25, 0.3) is 0 Å². The first kappa shape index (κ1) is 13.3. The lowest BCUT2D eigenvalue weighted by Gasteiger charge is -2.15. The average Bonchev–Trinajstić information content (AvgIpc) is 2.24. The third kappa shape index (κ3) is 2.87. The number of hydrogen-bond donors (Lipinski definition) is 2. The summed E-state index contributed by atoms with van der Waals surface area (Å²) in [5.74, 6) is -0.508. The first-order valence-electron chi connectivity index (χ1n) is 4.46. The van der Waals surface area contributed by atoms with Gasteiger partial charge in [-0.2, -0.15) is 0 Å². The standard InChI is InChI=1S/C10H11BrClNO3/c1-16-8(14)4-7(13)9-6(12)3-2-5(11)10(9)15/h2-3,7,15H,4,13H2,1H3/t7-/m0/s1. The quantitative estimate of drug-likeness (QED) is 0.841. The van der Waals surface area contributed by atoms with E-state index >= 15 is 0 Å². The molecule has 0 saturated heterocycles. The monoisotopic (exact) mass is 307 g/mol. The van der Waals surface area contributed by atoms with E-state index in [0.717, 1.165) is 0 Å². The third-order valence-electron chi connectivity index (χ3n) is 2.10. The lowest BCUT2D eigenvalue weighted by molar-refractivity contribution is -0.141. The molecule has 0 spiro atoms. The SMILES string of the molecule is COC(=O)C[C@H](N)c1c(Cl)ccc(Br)c1O. The topological polar surface area (TPSA) is 72.5 Å². The Labute approximate surface area is 106 Å². The second-order valence-corrected chi connectivity index (χ2v) is 4.44. The number of phenols is 1. The Bertz CT molecular complexity index is 411. The maximum absolute atomic E-state index is 11.1. The maximum atomic E-state index is 11.1. The van der Waals surface area contributed by atoms with Gasteiger partial charge in [0.1, 0.15) is 5.75 Å². The van der Waals surface area contributed by atoms with Gasteiger partial charge in [-0.15, -0.1) is 0 Å². The summed E-state index contributed by atoms with van der Waals surface area (Å²) < 4.78 is 4.98. The number of nitrogens with two attached hydrogens (primary N) is 1. The van der Waals surface area contributed by atoms with Gasteiger partial charge >= 0.3 is 5.97 Å². The second kappa shape index (κ2) is 5.52. The largest absolute Gasteiger partial charge is 0.506 e. The van der Waals surface area contributed by atoms with Crippen LogP contribution in [0.2, 0.25) is 5.02 Å². The van der Waals surface area contributed by atoms with Gasteiger partial charge in [0.05, 0.1) is 18.0 Å². The number of methoxy groups -OCH3 is 1. The number of rotatable bonds is 3. The molecule has 88 valence electrons. The first-order chi connectivity index (χ1) is 7.47. The Kier molecular flexibility index (Phi) is 4.58. The van der Waals surface area contributed by atoms with Gasteiger partial charge < -0.3 is 15.6 Å². The highest BCUT2D eigenvalue weighted by Crippen LogP contribution is 2.37. The third-order valence-corrected chi connectivity index (χ3v) is 3.07. The van der Waals surface area contributed by atoms with E-state index in [-0.39, 0.29) is 12.2 Å². The fraction of sp³-hybridized carbons (Fsp3) is 0.300. The van der Waals surface area contributed by atoms with Crippen LogP contribution in [0.5, 0.6) is 5.75 Å². The van der Waals surface area contributed by atoms with Crippen molar-refractivity contribution in [1.82, 2.24) is 0 Å². The highest BCUT2D eigenvalue weighted by Gasteiger charge is 2.20. The van der Waals surface area contributed by atoms with Gasteiger partial charge in [0, 0.05) is 16.6 Å². The average molecular weight is 309 g/mol. The van der Waals surface area contributed by atoms with E-state index in [4.69, 9.17) is 17.3 Å². The van der Waals surface area contributed by atoms with Crippen LogP contribution in [-0.4, -0.2) is 18.2 Å². The Balaban J connectivity index is 3.03. The number of hydrogen-bond acceptors (Lipinski definition) is 4. The summed E-state index contributed by atoms with van der Waals surface area (Å²) in [6, 6.07) is 2.50. The fourth-order valence-corrected chi connectivity index (χ4v) is 1.91. The summed E-state index contributed by atoms with van der Waals surface area (Å²) in [6.07, 6.45) is -0.0414. The van der Waals surface area contributed by atoms with E-state index in [9.17, 15) is 9.90 Å². The molecule has 0 aliphatic rings. The van der Waals surface area contributed by atoms with Crippen molar-refractivity contribution >= 4 is 33.5 Å². The van der Waals surface area contributed by atoms with Crippen molar-refractivity contribution in [2.75, 3.05) is 7.11 Å². The van der Waals surface area contributed by atoms with E-state index in [1.807, 2.05) is 0 Å². The molecule has 1 atom stereocenters. The molecular formula is C10H11BrClNO3. The molecular weight excluding hydrogens is 297 g/mol. The van der Waals surface area contributed by atoms with E-state index in [1.54, 1.807) is 12.1 Å². The second-order valence-electron chi connectivity index (χ2n) is 3.18. The van der Waals surface area contributed by atoms with E-state index in [2.05, 4.69) is 20.7 Å². The van der Waals surface area contributed by atoms with Crippen molar-refractivity contribution in [2.45, 2.75) is 12.5 Å². The van der Waals surface area contributed by atoms with Crippen LogP contribution in [0, 0.1) is 0 Å². The van der Waals surface area contributed by atoms with Crippen LogP contribution < -0.4 is 5.73 Å². The molecule has 16 heavy (non-hydrogen) atoms. The van der Waals surface area contributed by atoms with E-state index < -0.39 is 12.0 Å². The van der Waals surface area contributed by atoms with E-state index in [1.165, 1.54) is 7.11 Å². The molecule has 0 aliphatic heterocycles. The fourth-order valence-electron chi connectivity index (χ4n) is 1.27. The van der Waals surface area contributed by atoms with Gasteiger partial charge in [0.15, 0.2) is 0 Å². The lowest BCUT2D eigenvalue weighted by Crippen LogP contribution is -2.17. The maximum Gasteiger partial charge on any atom is 0.307 e. The van der Waals surface area contributed by atoms with Crippen molar-refractivity contribution < 1.29 is 14.6 Å². The Morgan fingerprint density at radius 2 is 2.31 bits per heavy atom. The minimum atomic E-state index is -0.697. The molecule has 0 saturated carbocycles. The van der Waals surface area contributed by atoms with Crippen molar-refractivity contribution in [1.29, 1.82) is 0 Å². The molecule has 3 N–H and O–H groups in total. The Hall–Kier alpha value is -0.780. The highest BCUT2D eigenvalue weighted by molar-refractivity contribution is 9.10. The summed E-state index contributed by atoms with van der Waals surface area (Å²) in [5.41, 5.74) is 6.11. The van der Waals surface area contributed by atoms with Crippen LogP contribution >= 0.6 is 27.5 Å². The number of carbonyl (C=O) groups is 1. The van der Waals surface area contributed by atoms with Crippen LogP contribution in [0.3, 0.4) is 0 Å². The number of aromatic hydroxyl groups is 1. The van der Waals surface area contributed by atoms with Crippen molar-refractivity contribution in [2.24, 2.45) is 5.73 Å². The number of ether oxygens (including phenoxy) is 1. The molecule has 0 radical (unpaired) electrons. The zero-order chi connectivity index (χ0) is 12.3. The predicted octanol–water partition coefficient (Wildman–Crippen LogP) is 2.37. The molecule has 0 aliphatic carbocycles. The zero-order valence-corrected chi connectivity index (χ0v) is 10.9. The molecule has 0 amide bonds. The molecule has 0 bridgehead atoms. The predicted molar refractivity (Wildman–Crippen MR) is 64.4 cm³/mol. The number of carbonyl (C=O) groups excluding carboxylic acids is 1. The molecule has 1 aromatic carbocycles. The smallest absolute Gasteiger partial charge is 0.307 e.